The van der Waals surface area contributed by atoms with Crippen LogP contribution in [0.3, 0.4) is 0 Å². The summed E-state index contributed by atoms with van der Waals surface area (Å²) in [6, 6.07) is 7.38. The minimum Gasteiger partial charge on any atom is -0.396 e. The van der Waals surface area contributed by atoms with Gasteiger partial charge in [0.15, 0.2) is 0 Å². The molecule has 0 spiro atoms. The quantitative estimate of drug-likeness (QED) is 0.762. The predicted octanol–water partition coefficient (Wildman–Crippen LogP) is 0.210. The second-order valence-electron chi connectivity index (χ2n) is 4.31. The standard InChI is InChI=1S/C12H16N2O2/c13-12(16)11-3-1-2-9(4-11)5-14-6-10(7-14)8-15/h1-4,10,15H,5-8H2,(H2,13,16). The van der Waals surface area contributed by atoms with Crippen molar-refractivity contribution in [1.29, 1.82) is 0 Å². The molecule has 1 aliphatic rings. The number of benzene rings is 1. The fourth-order valence-electron chi connectivity index (χ4n) is 2.00. The smallest absolute Gasteiger partial charge is 0.248 e. The van der Waals surface area contributed by atoms with E-state index in [2.05, 4.69) is 4.90 Å². The van der Waals surface area contributed by atoms with Gasteiger partial charge in [-0.2, -0.15) is 0 Å². The van der Waals surface area contributed by atoms with Gasteiger partial charge in [0.2, 0.25) is 5.91 Å². The van der Waals surface area contributed by atoms with Crippen molar-refractivity contribution in [2.24, 2.45) is 11.7 Å². The first-order valence-corrected chi connectivity index (χ1v) is 5.41. The third-order valence-electron chi connectivity index (χ3n) is 2.91. The summed E-state index contributed by atoms with van der Waals surface area (Å²) in [6.45, 7) is 2.93. The minimum atomic E-state index is -0.390. The molecule has 1 amide bonds. The molecule has 4 nitrogen and oxygen atoms in total. The molecular formula is C12H16N2O2. The molecule has 1 saturated heterocycles. The zero-order chi connectivity index (χ0) is 11.5. The predicted molar refractivity (Wildman–Crippen MR) is 60.8 cm³/mol. The highest BCUT2D eigenvalue weighted by molar-refractivity contribution is 5.92. The van der Waals surface area contributed by atoms with E-state index >= 15 is 0 Å². The number of aliphatic hydroxyl groups is 1. The molecule has 1 aromatic rings. The Kier molecular flexibility index (Phi) is 3.22. The first-order chi connectivity index (χ1) is 7.69. The van der Waals surface area contributed by atoms with Crippen LogP contribution in [0.5, 0.6) is 0 Å². The fourth-order valence-corrected chi connectivity index (χ4v) is 2.00. The molecule has 1 aromatic carbocycles. The Morgan fingerprint density at radius 2 is 2.25 bits per heavy atom. The van der Waals surface area contributed by atoms with Crippen LogP contribution in [-0.2, 0) is 6.54 Å². The van der Waals surface area contributed by atoms with Gasteiger partial charge in [0.05, 0.1) is 0 Å². The molecule has 3 N–H and O–H groups in total. The molecule has 0 aromatic heterocycles. The normalized spacial score (nSPS) is 17.1. The highest BCUT2D eigenvalue weighted by Crippen LogP contribution is 2.18. The van der Waals surface area contributed by atoms with E-state index in [1.807, 2.05) is 18.2 Å². The lowest BCUT2D eigenvalue weighted by Gasteiger charge is -2.38. The highest BCUT2D eigenvalue weighted by Gasteiger charge is 2.25. The van der Waals surface area contributed by atoms with Crippen molar-refractivity contribution < 1.29 is 9.90 Å². The zero-order valence-corrected chi connectivity index (χ0v) is 9.10. The van der Waals surface area contributed by atoms with Crippen molar-refractivity contribution in [3.63, 3.8) is 0 Å². The van der Waals surface area contributed by atoms with Gasteiger partial charge in [0.25, 0.3) is 0 Å². The summed E-state index contributed by atoms with van der Waals surface area (Å²) in [5.41, 5.74) is 6.86. The van der Waals surface area contributed by atoms with Gasteiger partial charge in [-0.3, -0.25) is 9.69 Å². The molecule has 2 rings (SSSR count). The molecule has 1 heterocycles. The maximum Gasteiger partial charge on any atom is 0.248 e. The van der Waals surface area contributed by atoms with Crippen molar-refractivity contribution in [1.82, 2.24) is 4.90 Å². The number of hydrogen-bond donors (Lipinski definition) is 2. The topological polar surface area (TPSA) is 66.6 Å². The second-order valence-corrected chi connectivity index (χ2v) is 4.31. The first kappa shape index (κ1) is 11.1. The van der Waals surface area contributed by atoms with E-state index in [1.54, 1.807) is 6.07 Å². The minimum absolute atomic E-state index is 0.262. The monoisotopic (exact) mass is 220 g/mol. The summed E-state index contributed by atoms with van der Waals surface area (Å²) >= 11 is 0. The van der Waals surface area contributed by atoms with Gasteiger partial charge in [-0.25, -0.2) is 0 Å². The lowest BCUT2D eigenvalue weighted by molar-refractivity contribution is 0.0479. The molecule has 0 radical (unpaired) electrons. The Labute approximate surface area is 94.7 Å². The molecule has 86 valence electrons. The lowest BCUT2D eigenvalue weighted by Crippen LogP contribution is -2.47. The van der Waals surface area contributed by atoms with Gasteiger partial charge in [-0.1, -0.05) is 12.1 Å². The Balaban J connectivity index is 1.95. The summed E-state index contributed by atoms with van der Waals surface area (Å²) in [4.78, 5) is 13.2. The summed E-state index contributed by atoms with van der Waals surface area (Å²) in [6.07, 6.45) is 0. The van der Waals surface area contributed by atoms with Crippen molar-refractivity contribution in [3.05, 3.63) is 35.4 Å². The number of carbonyl (C=O) groups is 1. The number of rotatable bonds is 4. The molecule has 0 saturated carbocycles. The summed E-state index contributed by atoms with van der Waals surface area (Å²) in [5, 5.41) is 8.90. The fraction of sp³-hybridized carbons (Fsp3) is 0.417. The van der Waals surface area contributed by atoms with Gasteiger partial charge < -0.3 is 10.8 Å². The third-order valence-corrected chi connectivity index (χ3v) is 2.91. The zero-order valence-electron chi connectivity index (χ0n) is 9.10. The summed E-state index contributed by atoms with van der Waals surface area (Å²) in [5.74, 6) is 0.0259. The summed E-state index contributed by atoms with van der Waals surface area (Å²) < 4.78 is 0. The number of likely N-dealkylation sites (tertiary alicyclic amines) is 1. The van der Waals surface area contributed by atoms with Crippen molar-refractivity contribution in [3.8, 4) is 0 Å². The number of amides is 1. The molecule has 0 aliphatic carbocycles. The Morgan fingerprint density at radius 1 is 1.50 bits per heavy atom. The Morgan fingerprint density at radius 3 is 2.88 bits per heavy atom. The average Bonchev–Trinajstić information content (AvgIpc) is 2.23. The molecule has 1 fully saturated rings. The number of primary amides is 1. The first-order valence-electron chi connectivity index (χ1n) is 5.41. The summed E-state index contributed by atoms with van der Waals surface area (Å²) in [7, 11) is 0. The van der Waals surface area contributed by atoms with Crippen LogP contribution in [-0.4, -0.2) is 35.6 Å². The van der Waals surface area contributed by atoms with Crippen LogP contribution < -0.4 is 5.73 Å². The number of carbonyl (C=O) groups excluding carboxylic acids is 1. The largest absolute Gasteiger partial charge is 0.396 e. The van der Waals surface area contributed by atoms with E-state index in [9.17, 15) is 4.79 Å². The third kappa shape index (κ3) is 2.40. The molecule has 1 aliphatic heterocycles. The van der Waals surface area contributed by atoms with E-state index in [0.717, 1.165) is 25.2 Å². The van der Waals surface area contributed by atoms with Crippen LogP contribution in [0.1, 0.15) is 15.9 Å². The number of nitrogens with two attached hydrogens (primary N) is 1. The van der Waals surface area contributed by atoms with Crippen LogP contribution in [0.4, 0.5) is 0 Å². The number of aliphatic hydroxyl groups excluding tert-OH is 1. The van der Waals surface area contributed by atoms with Gasteiger partial charge in [0, 0.05) is 37.7 Å². The van der Waals surface area contributed by atoms with E-state index in [-0.39, 0.29) is 6.61 Å². The molecule has 0 atom stereocenters. The number of hydrogen-bond acceptors (Lipinski definition) is 3. The molecule has 0 unspecified atom stereocenters. The van der Waals surface area contributed by atoms with E-state index in [4.69, 9.17) is 10.8 Å². The van der Waals surface area contributed by atoms with Crippen LogP contribution in [0.15, 0.2) is 24.3 Å². The van der Waals surface area contributed by atoms with Crippen LogP contribution in [0, 0.1) is 5.92 Å². The molecule has 4 heteroatoms. The van der Waals surface area contributed by atoms with Crippen LogP contribution in [0.25, 0.3) is 0 Å². The van der Waals surface area contributed by atoms with Crippen LogP contribution >= 0.6 is 0 Å². The second kappa shape index (κ2) is 4.63. The SMILES string of the molecule is NC(=O)c1cccc(CN2CC(CO)C2)c1. The van der Waals surface area contributed by atoms with E-state index in [0.29, 0.717) is 11.5 Å². The maximum atomic E-state index is 11.0. The molecule has 0 bridgehead atoms. The maximum absolute atomic E-state index is 11.0. The lowest BCUT2D eigenvalue weighted by atomic mass is 10.00. The van der Waals surface area contributed by atoms with Crippen molar-refractivity contribution in [2.45, 2.75) is 6.54 Å². The Bertz CT molecular complexity index is 386. The van der Waals surface area contributed by atoms with Crippen molar-refractivity contribution >= 4 is 5.91 Å². The van der Waals surface area contributed by atoms with Crippen molar-refractivity contribution in [2.75, 3.05) is 19.7 Å². The van der Waals surface area contributed by atoms with E-state index < -0.39 is 5.91 Å². The van der Waals surface area contributed by atoms with Crippen LogP contribution in [0.2, 0.25) is 0 Å². The van der Waals surface area contributed by atoms with Gasteiger partial charge >= 0.3 is 0 Å². The van der Waals surface area contributed by atoms with Gasteiger partial charge in [-0.05, 0) is 17.7 Å². The van der Waals surface area contributed by atoms with Gasteiger partial charge in [-0.15, -0.1) is 0 Å². The highest BCUT2D eigenvalue weighted by atomic mass is 16.3. The number of nitrogens with zero attached hydrogens (tertiary/aromatic N) is 1. The molecule has 16 heavy (non-hydrogen) atoms. The average molecular weight is 220 g/mol. The Hall–Kier alpha value is -1.39. The van der Waals surface area contributed by atoms with E-state index in [1.165, 1.54) is 0 Å². The van der Waals surface area contributed by atoms with Gasteiger partial charge in [0.1, 0.15) is 0 Å². The molecular weight excluding hydrogens is 204 g/mol.